The highest BCUT2D eigenvalue weighted by Crippen LogP contribution is 2.30. The summed E-state index contributed by atoms with van der Waals surface area (Å²) in [5.74, 6) is 2.70. The zero-order valence-corrected chi connectivity index (χ0v) is 14.3. The van der Waals surface area contributed by atoms with Crippen molar-refractivity contribution in [1.29, 1.82) is 0 Å². The molecular weight excluding hydrogens is 280 g/mol. The van der Waals surface area contributed by atoms with Crippen molar-refractivity contribution in [3.8, 4) is 0 Å². The first-order valence-corrected chi connectivity index (χ1v) is 8.90. The van der Waals surface area contributed by atoms with Gasteiger partial charge in [0, 0.05) is 18.5 Å². The number of hydrogen-bond acceptors (Lipinski definition) is 3. The van der Waals surface area contributed by atoms with Crippen molar-refractivity contribution in [2.45, 2.75) is 52.5 Å². The van der Waals surface area contributed by atoms with Crippen molar-refractivity contribution < 1.29 is 0 Å². The van der Waals surface area contributed by atoms with Gasteiger partial charge < -0.3 is 10.6 Å². The molecule has 1 saturated carbocycles. The highest BCUT2D eigenvalue weighted by molar-refractivity contribution is 7.09. The molecule has 1 fully saturated rings. The van der Waals surface area contributed by atoms with Gasteiger partial charge in [-0.1, -0.05) is 26.2 Å². The Kier molecular flexibility index (Phi) is 6.49. The Morgan fingerprint density at radius 3 is 2.95 bits per heavy atom. The van der Waals surface area contributed by atoms with E-state index >= 15 is 0 Å². The van der Waals surface area contributed by atoms with E-state index in [0.29, 0.717) is 0 Å². The lowest BCUT2D eigenvalue weighted by Gasteiger charge is -2.26. The molecule has 0 amide bonds. The van der Waals surface area contributed by atoms with Crippen molar-refractivity contribution in [1.82, 2.24) is 15.6 Å². The summed E-state index contributed by atoms with van der Waals surface area (Å²) in [5, 5.41) is 6.81. The van der Waals surface area contributed by atoms with Crippen LogP contribution in [0.15, 0.2) is 10.5 Å². The number of aryl methyl sites for hydroxylation is 1. The standard InChI is InChI=1S/C16H28N4S/c1-12-5-4-6-14(9-12)7-8-18-16(17-3)19-10-15-13(2)20-11-21-15/h11-12,14H,4-10H2,1-3H3,(H2,17,18,19). The van der Waals surface area contributed by atoms with Crippen LogP contribution >= 0.6 is 11.3 Å². The molecule has 0 aliphatic heterocycles. The average Bonchev–Trinajstić information content (AvgIpc) is 2.88. The molecule has 0 radical (unpaired) electrons. The third kappa shape index (κ3) is 5.30. The molecule has 118 valence electrons. The molecule has 2 N–H and O–H groups in total. The van der Waals surface area contributed by atoms with Gasteiger partial charge in [0.05, 0.1) is 17.7 Å². The van der Waals surface area contributed by atoms with Crippen LogP contribution in [-0.4, -0.2) is 24.5 Å². The Morgan fingerprint density at radius 2 is 2.29 bits per heavy atom. The molecular formula is C16H28N4S. The SMILES string of the molecule is CN=C(NCCC1CCCC(C)C1)NCc1scnc1C. The summed E-state index contributed by atoms with van der Waals surface area (Å²) in [6, 6.07) is 0. The van der Waals surface area contributed by atoms with Gasteiger partial charge in [-0.2, -0.15) is 0 Å². The van der Waals surface area contributed by atoms with Gasteiger partial charge >= 0.3 is 0 Å². The first-order valence-electron chi connectivity index (χ1n) is 8.02. The summed E-state index contributed by atoms with van der Waals surface area (Å²) in [7, 11) is 1.83. The van der Waals surface area contributed by atoms with Crippen LogP contribution in [0.25, 0.3) is 0 Å². The first kappa shape index (κ1) is 16.3. The number of nitrogens with zero attached hydrogens (tertiary/aromatic N) is 2. The number of rotatable bonds is 5. The Labute approximate surface area is 132 Å². The summed E-state index contributed by atoms with van der Waals surface area (Å²) < 4.78 is 0. The molecule has 5 heteroatoms. The fourth-order valence-corrected chi connectivity index (χ4v) is 3.81. The van der Waals surface area contributed by atoms with E-state index < -0.39 is 0 Å². The van der Waals surface area contributed by atoms with Crippen LogP contribution in [0.1, 0.15) is 49.6 Å². The van der Waals surface area contributed by atoms with Gasteiger partial charge in [-0.05, 0) is 31.6 Å². The lowest BCUT2D eigenvalue weighted by Crippen LogP contribution is -2.38. The largest absolute Gasteiger partial charge is 0.356 e. The number of thiazole rings is 1. The molecule has 1 aliphatic rings. The van der Waals surface area contributed by atoms with E-state index in [2.05, 4.69) is 27.5 Å². The minimum Gasteiger partial charge on any atom is -0.356 e. The van der Waals surface area contributed by atoms with Gasteiger partial charge in [-0.3, -0.25) is 4.99 Å². The Hall–Kier alpha value is -1.10. The average molecular weight is 308 g/mol. The molecule has 0 bridgehead atoms. The van der Waals surface area contributed by atoms with Gasteiger partial charge in [-0.15, -0.1) is 11.3 Å². The zero-order chi connectivity index (χ0) is 15.1. The van der Waals surface area contributed by atoms with Crippen molar-refractivity contribution in [3.63, 3.8) is 0 Å². The molecule has 4 nitrogen and oxygen atoms in total. The summed E-state index contributed by atoms with van der Waals surface area (Å²) in [5.41, 5.74) is 3.01. The second kappa shape index (κ2) is 8.37. The molecule has 1 aliphatic carbocycles. The van der Waals surface area contributed by atoms with E-state index in [1.807, 2.05) is 19.5 Å². The number of hydrogen-bond donors (Lipinski definition) is 2. The Balaban J connectivity index is 1.67. The molecule has 21 heavy (non-hydrogen) atoms. The monoisotopic (exact) mass is 308 g/mol. The Bertz CT molecular complexity index is 455. The zero-order valence-electron chi connectivity index (χ0n) is 13.5. The molecule has 2 atom stereocenters. The minimum atomic E-state index is 0.802. The van der Waals surface area contributed by atoms with Crippen molar-refractivity contribution in [3.05, 3.63) is 16.1 Å². The van der Waals surface area contributed by atoms with Crippen LogP contribution < -0.4 is 10.6 Å². The molecule has 0 spiro atoms. The predicted octanol–water partition coefficient (Wildman–Crippen LogP) is 3.33. The summed E-state index contributed by atoms with van der Waals surface area (Å²) in [6.45, 7) is 6.25. The molecule has 1 aromatic heterocycles. The van der Waals surface area contributed by atoms with Crippen LogP contribution in [-0.2, 0) is 6.54 Å². The van der Waals surface area contributed by atoms with Crippen LogP contribution in [0.5, 0.6) is 0 Å². The molecule has 2 rings (SSSR count). The van der Waals surface area contributed by atoms with Gasteiger partial charge in [0.1, 0.15) is 0 Å². The van der Waals surface area contributed by atoms with Gasteiger partial charge in [0.25, 0.3) is 0 Å². The fourth-order valence-electron chi connectivity index (χ4n) is 3.10. The lowest BCUT2D eigenvalue weighted by molar-refractivity contribution is 0.270. The third-order valence-corrected chi connectivity index (χ3v) is 5.31. The van der Waals surface area contributed by atoms with Gasteiger partial charge in [0.2, 0.25) is 0 Å². The van der Waals surface area contributed by atoms with Crippen molar-refractivity contribution in [2.24, 2.45) is 16.8 Å². The minimum absolute atomic E-state index is 0.802. The Morgan fingerprint density at radius 1 is 1.43 bits per heavy atom. The second-order valence-corrected chi connectivity index (χ2v) is 7.08. The van der Waals surface area contributed by atoms with E-state index in [1.54, 1.807) is 11.3 Å². The maximum Gasteiger partial charge on any atom is 0.191 e. The van der Waals surface area contributed by atoms with E-state index in [9.17, 15) is 0 Å². The van der Waals surface area contributed by atoms with E-state index in [0.717, 1.165) is 36.6 Å². The van der Waals surface area contributed by atoms with Crippen LogP contribution in [0.2, 0.25) is 0 Å². The summed E-state index contributed by atoms with van der Waals surface area (Å²) in [4.78, 5) is 9.84. The molecule has 1 aromatic rings. The first-order chi connectivity index (χ1) is 10.2. The fraction of sp³-hybridized carbons (Fsp3) is 0.750. The number of aromatic nitrogens is 1. The van der Waals surface area contributed by atoms with Crippen molar-refractivity contribution >= 4 is 17.3 Å². The van der Waals surface area contributed by atoms with E-state index in [-0.39, 0.29) is 0 Å². The smallest absolute Gasteiger partial charge is 0.191 e. The molecule has 0 saturated heterocycles. The maximum atomic E-state index is 4.29. The van der Waals surface area contributed by atoms with Crippen LogP contribution in [0, 0.1) is 18.8 Å². The quantitative estimate of drug-likeness (QED) is 0.648. The third-order valence-electron chi connectivity index (χ3n) is 4.37. The van der Waals surface area contributed by atoms with E-state index in [1.165, 1.54) is 37.0 Å². The molecule has 1 heterocycles. The lowest BCUT2D eigenvalue weighted by atomic mass is 9.81. The van der Waals surface area contributed by atoms with E-state index in [4.69, 9.17) is 0 Å². The van der Waals surface area contributed by atoms with Crippen molar-refractivity contribution in [2.75, 3.05) is 13.6 Å². The summed E-state index contributed by atoms with van der Waals surface area (Å²) >= 11 is 1.69. The number of nitrogens with one attached hydrogen (secondary N) is 2. The normalized spacial score (nSPS) is 23.1. The maximum absolute atomic E-state index is 4.29. The predicted molar refractivity (Wildman–Crippen MR) is 90.8 cm³/mol. The van der Waals surface area contributed by atoms with Crippen LogP contribution in [0.3, 0.4) is 0 Å². The number of aliphatic imine (C=N–C) groups is 1. The molecule has 0 aromatic carbocycles. The topological polar surface area (TPSA) is 49.3 Å². The van der Waals surface area contributed by atoms with Gasteiger partial charge in [-0.25, -0.2) is 4.98 Å². The van der Waals surface area contributed by atoms with Crippen LogP contribution in [0.4, 0.5) is 0 Å². The number of guanidine groups is 1. The second-order valence-electron chi connectivity index (χ2n) is 6.14. The highest BCUT2D eigenvalue weighted by atomic mass is 32.1. The van der Waals surface area contributed by atoms with Gasteiger partial charge in [0.15, 0.2) is 5.96 Å². The molecule has 2 unspecified atom stereocenters. The highest BCUT2D eigenvalue weighted by Gasteiger charge is 2.18. The summed E-state index contributed by atoms with van der Waals surface area (Å²) in [6.07, 6.45) is 6.88.